The smallest absolute Gasteiger partial charge is 0.150 e. The molecular weight excluding hydrogens is 272 g/mol. The molecule has 1 aromatic heterocycles. The molecule has 3 aromatic rings. The van der Waals surface area contributed by atoms with Crippen LogP contribution in [0.1, 0.15) is 11.1 Å². The van der Waals surface area contributed by atoms with Crippen LogP contribution in [0.25, 0.3) is 10.8 Å². The van der Waals surface area contributed by atoms with E-state index in [0.717, 1.165) is 11.1 Å². The SMILES string of the molecule is O=C(CNCc1cccnc1)Cc1ccc2ccccc2c1. The number of nitrogens with one attached hydrogen (secondary N) is 1. The van der Waals surface area contributed by atoms with Crippen LogP contribution in [0.2, 0.25) is 0 Å². The van der Waals surface area contributed by atoms with Crippen LogP contribution in [0.4, 0.5) is 0 Å². The molecule has 0 spiro atoms. The highest BCUT2D eigenvalue weighted by atomic mass is 16.1. The van der Waals surface area contributed by atoms with Crippen molar-refractivity contribution in [3.63, 3.8) is 0 Å². The fourth-order valence-corrected chi connectivity index (χ4v) is 2.49. The molecule has 0 bridgehead atoms. The molecule has 0 saturated carbocycles. The van der Waals surface area contributed by atoms with Crippen molar-refractivity contribution >= 4 is 16.6 Å². The lowest BCUT2D eigenvalue weighted by atomic mass is 10.0. The first-order valence-corrected chi connectivity index (χ1v) is 7.40. The van der Waals surface area contributed by atoms with Gasteiger partial charge >= 0.3 is 0 Å². The highest BCUT2D eigenvalue weighted by molar-refractivity contribution is 5.86. The maximum Gasteiger partial charge on any atom is 0.150 e. The van der Waals surface area contributed by atoms with E-state index >= 15 is 0 Å². The monoisotopic (exact) mass is 290 g/mol. The molecule has 0 radical (unpaired) electrons. The lowest BCUT2D eigenvalue weighted by Crippen LogP contribution is -2.23. The lowest BCUT2D eigenvalue weighted by Gasteiger charge is -2.05. The summed E-state index contributed by atoms with van der Waals surface area (Å²) in [6, 6.07) is 18.3. The number of fused-ring (bicyclic) bond motifs is 1. The molecule has 0 amide bonds. The van der Waals surface area contributed by atoms with Crippen LogP contribution in [0, 0.1) is 0 Å². The Labute approximate surface area is 130 Å². The van der Waals surface area contributed by atoms with Gasteiger partial charge in [-0.1, -0.05) is 48.5 Å². The lowest BCUT2D eigenvalue weighted by molar-refractivity contribution is -0.117. The largest absolute Gasteiger partial charge is 0.306 e. The predicted octanol–water partition coefficient (Wildman–Crippen LogP) is 3.14. The van der Waals surface area contributed by atoms with Gasteiger partial charge in [-0.25, -0.2) is 0 Å². The second-order valence-electron chi connectivity index (χ2n) is 5.36. The zero-order valence-electron chi connectivity index (χ0n) is 12.3. The molecule has 0 saturated heterocycles. The third-order valence-electron chi connectivity index (χ3n) is 3.59. The molecule has 0 unspecified atom stereocenters. The summed E-state index contributed by atoms with van der Waals surface area (Å²) in [6.07, 6.45) is 4.01. The van der Waals surface area contributed by atoms with Crippen LogP contribution in [0.3, 0.4) is 0 Å². The molecule has 3 heteroatoms. The van der Waals surface area contributed by atoms with Gasteiger partial charge in [0.25, 0.3) is 0 Å². The van der Waals surface area contributed by atoms with E-state index in [9.17, 15) is 4.79 Å². The van der Waals surface area contributed by atoms with E-state index in [2.05, 4.69) is 34.6 Å². The first kappa shape index (κ1) is 14.4. The zero-order valence-corrected chi connectivity index (χ0v) is 12.3. The van der Waals surface area contributed by atoms with E-state index in [0.29, 0.717) is 19.5 Å². The number of hydrogen-bond donors (Lipinski definition) is 1. The highest BCUT2D eigenvalue weighted by Crippen LogP contribution is 2.16. The molecule has 2 aromatic carbocycles. The zero-order chi connectivity index (χ0) is 15.2. The number of aromatic nitrogens is 1. The summed E-state index contributed by atoms with van der Waals surface area (Å²) in [4.78, 5) is 16.1. The third-order valence-corrected chi connectivity index (χ3v) is 3.59. The van der Waals surface area contributed by atoms with E-state index in [1.807, 2.05) is 30.3 Å². The van der Waals surface area contributed by atoms with Crippen LogP contribution in [-0.4, -0.2) is 17.3 Å². The fourth-order valence-electron chi connectivity index (χ4n) is 2.49. The average Bonchev–Trinajstić information content (AvgIpc) is 2.56. The van der Waals surface area contributed by atoms with Crippen LogP contribution >= 0.6 is 0 Å². The van der Waals surface area contributed by atoms with Crippen molar-refractivity contribution in [1.82, 2.24) is 10.3 Å². The fraction of sp³-hybridized carbons (Fsp3) is 0.158. The molecule has 3 rings (SSSR count). The first-order valence-electron chi connectivity index (χ1n) is 7.40. The van der Waals surface area contributed by atoms with E-state index in [4.69, 9.17) is 0 Å². The Morgan fingerprint density at radius 1 is 0.955 bits per heavy atom. The summed E-state index contributed by atoms with van der Waals surface area (Å²) in [5.41, 5.74) is 2.15. The number of rotatable bonds is 6. The van der Waals surface area contributed by atoms with Gasteiger partial charge in [0.15, 0.2) is 5.78 Å². The Balaban J connectivity index is 1.54. The maximum atomic E-state index is 12.1. The molecular formula is C19H18N2O. The molecule has 3 nitrogen and oxygen atoms in total. The topological polar surface area (TPSA) is 42.0 Å². The molecule has 0 atom stereocenters. The number of nitrogens with zero attached hydrogens (tertiary/aromatic N) is 1. The van der Waals surface area contributed by atoms with Gasteiger partial charge in [-0.05, 0) is 28.0 Å². The van der Waals surface area contributed by atoms with Gasteiger partial charge in [-0.2, -0.15) is 0 Å². The van der Waals surface area contributed by atoms with Crippen molar-refractivity contribution in [2.75, 3.05) is 6.54 Å². The highest BCUT2D eigenvalue weighted by Gasteiger charge is 2.04. The summed E-state index contributed by atoms with van der Waals surface area (Å²) in [6.45, 7) is 1.04. The molecule has 0 fully saturated rings. The minimum atomic E-state index is 0.194. The molecule has 0 aliphatic rings. The van der Waals surface area contributed by atoms with Crippen LogP contribution < -0.4 is 5.32 Å². The Hall–Kier alpha value is -2.52. The van der Waals surface area contributed by atoms with E-state index in [1.54, 1.807) is 12.4 Å². The number of ketones is 1. The first-order chi connectivity index (χ1) is 10.8. The molecule has 0 aliphatic carbocycles. The van der Waals surface area contributed by atoms with Crippen molar-refractivity contribution < 1.29 is 4.79 Å². The molecule has 1 heterocycles. The van der Waals surface area contributed by atoms with E-state index < -0.39 is 0 Å². The van der Waals surface area contributed by atoms with Crippen LogP contribution in [0.15, 0.2) is 67.0 Å². The van der Waals surface area contributed by atoms with Gasteiger partial charge in [-0.15, -0.1) is 0 Å². The number of carbonyl (C=O) groups excluding carboxylic acids is 1. The van der Waals surface area contributed by atoms with Gasteiger partial charge in [0, 0.05) is 25.4 Å². The van der Waals surface area contributed by atoms with Crippen molar-refractivity contribution in [3.05, 3.63) is 78.1 Å². The maximum absolute atomic E-state index is 12.1. The van der Waals surface area contributed by atoms with Crippen LogP contribution in [-0.2, 0) is 17.8 Å². The number of benzene rings is 2. The number of hydrogen-bond acceptors (Lipinski definition) is 3. The van der Waals surface area contributed by atoms with Gasteiger partial charge < -0.3 is 5.32 Å². The molecule has 1 N–H and O–H groups in total. The molecule has 22 heavy (non-hydrogen) atoms. The van der Waals surface area contributed by atoms with Crippen LogP contribution in [0.5, 0.6) is 0 Å². The summed E-state index contributed by atoms with van der Waals surface area (Å²) in [7, 11) is 0. The number of Topliss-reactive ketones (excluding diaryl/α,β-unsaturated/α-hetero) is 1. The molecule has 110 valence electrons. The van der Waals surface area contributed by atoms with Gasteiger partial charge in [0.1, 0.15) is 0 Å². The second kappa shape index (κ2) is 6.96. The Morgan fingerprint density at radius 2 is 1.82 bits per heavy atom. The van der Waals surface area contributed by atoms with Gasteiger partial charge in [0.2, 0.25) is 0 Å². The van der Waals surface area contributed by atoms with E-state index in [-0.39, 0.29) is 5.78 Å². The minimum Gasteiger partial charge on any atom is -0.306 e. The normalized spacial score (nSPS) is 10.7. The van der Waals surface area contributed by atoms with Crippen molar-refractivity contribution in [3.8, 4) is 0 Å². The second-order valence-corrected chi connectivity index (χ2v) is 5.36. The van der Waals surface area contributed by atoms with Crippen molar-refractivity contribution in [1.29, 1.82) is 0 Å². The van der Waals surface area contributed by atoms with Gasteiger partial charge in [0.05, 0.1) is 6.54 Å². The van der Waals surface area contributed by atoms with Crippen molar-refractivity contribution in [2.24, 2.45) is 0 Å². The predicted molar refractivity (Wildman–Crippen MR) is 88.6 cm³/mol. The third kappa shape index (κ3) is 3.77. The minimum absolute atomic E-state index is 0.194. The summed E-state index contributed by atoms with van der Waals surface area (Å²) in [5.74, 6) is 0.194. The standard InChI is InChI=1S/C19H18N2O/c22-19(14-21-13-16-4-3-9-20-12-16)11-15-7-8-17-5-1-2-6-18(17)10-15/h1-10,12,21H,11,13-14H2. The van der Waals surface area contributed by atoms with Crippen molar-refractivity contribution in [2.45, 2.75) is 13.0 Å². The number of pyridine rings is 1. The Morgan fingerprint density at radius 3 is 2.64 bits per heavy atom. The van der Waals surface area contributed by atoms with E-state index in [1.165, 1.54) is 10.8 Å². The summed E-state index contributed by atoms with van der Waals surface area (Å²) >= 11 is 0. The average molecular weight is 290 g/mol. The summed E-state index contributed by atoms with van der Waals surface area (Å²) in [5, 5.41) is 5.55. The van der Waals surface area contributed by atoms with Gasteiger partial charge in [-0.3, -0.25) is 9.78 Å². The molecule has 0 aliphatic heterocycles. The Bertz CT molecular complexity index is 769. The Kier molecular flexibility index (Phi) is 4.56. The quantitative estimate of drug-likeness (QED) is 0.758. The number of carbonyl (C=O) groups is 1. The summed E-state index contributed by atoms with van der Waals surface area (Å²) < 4.78 is 0.